The van der Waals surface area contributed by atoms with Crippen LogP contribution >= 0.6 is 11.6 Å². The van der Waals surface area contributed by atoms with Gasteiger partial charge in [-0.3, -0.25) is 4.79 Å². The highest BCUT2D eigenvalue weighted by Crippen LogP contribution is 2.27. The number of methoxy groups -OCH3 is 1. The van der Waals surface area contributed by atoms with E-state index in [1.165, 1.54) is 6.92 Å². The largest absolute Gasteiger partial charge is 0.383 e. The number of benzene rings is 1. The summed E-state index contributed by atoms with van der Waals surface area (Å²) in [5, 5.41) is 0.570. The van der Waals surface area contributed by atoms with Crippen molar-refractivity contribution in [3.63, 3.8) is 0 Å². The fraction of sp³-hybridized carbons (Fsp3) is 0.357. The highest BCUT2D eigenvalue weighted by atomic mass is 35.5. The van der Waals surface area contributed by atoms with Crippen LogP contribution in [0.3, 0.4) is 0 Å². The molecule has 0 aliphatic heterocycles. The molecular weight excluding hydrogens is 250 g/mol. The van der Waals surface area contributed by atoms with Gasteiger partial charge < -0.3 is 9.64 Å². The number of rotatable bonds is 7. The summed E-state index contributed by atoms with van der Waals surface area (Å²) in [6, 6.07) is 5.34. The molecule has 18 heavy (non-hydrogen) atoms. The van der Waals surface area contributed by atoms with Gasteiger partial charge in [-0.05, 0) is 25.1 Å². The van der Waals surface area contributed by atoms with Gasteiger partial charge in [-0.1, -0.05) is 17.7 Å². The van der Waals surface area contributed by atoms with Gasteiger partial charge in [0, 0.05) is 25.8 Å². The molecule has 0 bridgehead atoms. The van der Waals surface area contributed by atoms with Crippen LogP contribution in [0.2, 0.25) is 5.02 Å². The monoisotopic (exact) mass is 267 g/mol. The highest BCUT2D eigenvalue weighted by Gasteiger charge is 2.10. The normalized spacial score (nSPS) is 10.2. The second kappa shape index (κ2) is 7.19. The van der Waals surface area contributed by atoms with E-state index in [-0.39, 0.29) is 5.78 Å². The fourth-order valence-corrected chi connectivity index (χ4v) is 1.95. The quantitative estimate of drug-likeness (QED) is 0.561. The van der Waals surface area contributed by atoms with Crippen molar-refractivity contribution in [1.82, 2.24) is 0 Å². The molecule has 0 radical (unpaired) electrons. The lowest BCUT2D eigenvalue weighted by atomic mass is 10.1. The molecule has 0 fully saturated rings. The van der Waals surface area contributed by atoms with Gasteiger partial charge in [0.2, 0.25) is 0 Å². The summed E-state index contributed by atoms with van der Waals surface area (Å²) in [5.74, 6) is 0.00983. The minimum Gasteiger partial charge on any atom is -0.383 e. The summed E-state index contributed by atoms with van der Waals surface area (Å²) >= 11 is 6.21. The standard InChI is InChI=1S/C14H18ClNO2/c1-4-7-16(8-9-18-3)14-6-5-12(11(2)17)10-13(14)15/h4-6,10H,1,7-9H2,2-3H3. The third-order valence-corrected chi connectivity index (χ3v) is 2.91. The Hall–Kier alpha value is -1.32. The summed E-state index contributed by atoms with van der Waals surface area (Å²) in [4.78, 5) is 13.3. The zero-order chi connectivity index (χ0) is 13.5. The molecular formula is C14H18ClNO2. The van der Waals surface area contributed by atoms with Gasteiger partial charge in [-0.15, -0.1) is 6.58 Å². The van der Waals surface area contributed by atoms with Crippen LogP contribution < -0.4 is 4.90 Å². The maximum Gasteiger partial charge on any atom is 0.159 e. The predicted octanol–water partition coefficient (Wildman–Crippen LogP) is 3.18. The number of carbonyl (C=O) groups excluding carboxylic acids is 1. The number of halogens is 1. The van der Waals surface area contributed by atoms with Gasteiger partial charge in [0.1, 0.15) is 0 Å². The first-order chi connectivity index (χ1) is 8.60. The van der Waals surface area contributed by atoms with Crippen LogP contribution in [-0.2, 0) is 4.74 Å². The number of anilines is 1. The maximum absolute atomic E-state index is 11.3. The van der Waals surface area contributed by atoms with E-state index >= 15 is 0 Å². The minimum atomic E-state index is 0.00983. The van der Waals surface area contributed by atoms with E-state index in [1.54, 1.807) is 19.2 Å². The zero-order valence-electron chi connectivity index (χ0n) is 10.8. The van der Waals surface area contributed by atoms with Crippen molar-refractivity contribution < 1.29 is 9.53 Å². The maximum atomic E-state index is 11.3. The van der Waals surface area contributed by atoms with Crippen LogP contribution in [0.15, 0.2) is 30.9 Å². The smallest absolute Gasteiger partial charge is 0.159 e. The number of hydrogen-bond acceptors (Lipinski definition) is 3. The van der Waals surface area contributed by atoms with Crippen LogP contribution in [0.25, 0.3) is 0 Å². The molecule has 0 heterocycles. The van der Waals surface area contributed by atoms with E-state index in [2.05, 4.69) is 11.5 Å². The molecule has 1 aromatic rings. The van der Waals surface area contributed by atoms with Crippen LogP contribution in [0.5, 0.6) is 0 Å². The molecule has 98 valence electrons. The first-order valence-electron chi connectivity index (χ1n) is 5.75. The molecule has 0 unspecified atom stereocenters. The summed E-state index contributed by atoms with van der Waals surface area (Å²) in [7, 11) is 1.66. The average Bonchev–Trinajstić information content (AvgIpc) is 2.34. The van der Waals surface area contributed by atoms with Crippen molar-refractivity contribution >= 4 is 23.1 Å². The van der Waals surface area contributed by atoms with Crippen molar-refractivity contribution in [2.45, 2.75) is 6.92 Å². The Kier molecular flexibility index (Phi) is 5.89. The third-order valence-electron chi connectivity index (χ3n) is 2.61. The van der Waals surface area contributed by atoms with Crippen LogP contribution in [-0.4, -0.2) is 32.6 Å². The van der Waals surface area contributed by atoms with E-state index < -0.39 is 0 Å². The third kappa shape index (κ3) is 3.86. The lowest BCUT2D eigenvalue weighted by molar-refractivity contribution is 0.101. The molecule has 0 saturated heterocycles. The predicted molar refractivity (Wildman–Crippen MR) is 75.7 cm³/mol. The summed E-state index contributed by atoms with van der Waals surface area (Å²) in [6.07, 6.45) is 1.81. The van der Waals surface area contributed by atoms with Gasteiger partial charge >= 0.3 is 0 Å². The Labute approximate surface area is 113 Å². The molecule has 0 amide bonds. The van der Waals surface area contributed by atoms with E-state index in [9.17, 15) is 4.79 Å². The van der Waals surface area contributed by atoms with E-state index in [0.717, 1.165) is 12.2 Å². The first kappa shape index (κ1) is 14.7. The van der Waals surface area contributed by atoms with Crippen molar-refractivity contribution in [2.24, 2.45) is 0 Å². The lowest BCUT2D eigenvalue weighted by Gasteiger charge is -2.24. The summed E-state index contributed by atoms with van der Waals surface area (Å²) < 4.78 is 5.07. The molecule has 0 spiro atoms. The molecule has 0 N–H and O–H groups in total. The number of hydrogen-bond donors (Lipinski definition) is 0. The topological polar surface area (TPSA) is 29.5 Å². The fourth-order valence-electron chi connectivity index (χ4n) is 1.65. The average molecular weight is 268 g/mol. The van der Waals surface area contributed by atoms with Crippen molar-refractivity contribution in [1.29, 1.82) is 0 Å². The van der Waals surface area contributed by atoms with E-state index in [0.29, 0.717) is 23.7 Å². The second-order valence-electron chi connectivity index (χ2n) is 3.95. The van der Waals surface area contributed by atoms with Crippen molar-refractivity contribution in [2.75, 3.05) is 31.7 Å². The number of Topliss-reactive ketones (excluding diaryl/α,β-unsaturated/α-hetero) is 1. The molecule has 0 aliphatic rings. The molecule has 0 aliphatic carbocycles. The zero-order valence-corrected chi connectivity index (χ0v) is 11.5. The molecule has 1 aromatic carbocycles. The van der Waals surface area contributed by atoms with Crippen molar-refractivity contribution in [3.05, 3.63) is 41.4 Å². The Morgan fingerprint density at radius 2 is 2.28 bits per heavy atom. The Morgan fingerprint density at radius 1 is 1.56 bits per heavy atom. The minimum absolute atomic E-state index is 0.00983. The van der Waals surface area contributed by atoms with Gasteiger partial charge in [-0.25, -0.2) is 0 Å². The van der Waals surface area contributed by atoms with Gasteiger partial charge in [0.05, 0.1) is 17.3 Å². The van der Waals surface area contributed by atoms with Crippen LogP contribution in [0.1, 0.15) is 17.3 Å². The molecule has 0 aromatic heterocycles. The van der Waals surface area contributed by atoms with Gasteiger partial charge in [-0.2, -0.15) is 0 Å². The molecule has 0 saturated carbocycles. The number of nitrogens with zero attached hydrogens (tertiary/aromatic N) is 1. The molecule has 4 heteroatoms. The van der Waals surface area contributed by atoms with Crippen LogP contribution in [0.4, 0.5) is 5.69 Å². The Balaban J connectivity index is 2.97. The first-order valence-corrected chi connectivity index (χ1v) is 6.13. The Morgan fingerprint density at radius 3 is 2.78 bits per heavy atom. The highest BCUT2D eigenvalue weighted by molar-refractivity contribution is 6.33. The molecule has 0 atom stereocenters. The van der Waals surface area contributed by atoms with Gasteiger partial charge in [0.15, 0.2) is 5.78 Å². The number of ether oxygens (including phenoxy) is 1. The SMILES string of the molecule is C=CCN(CCOC)c1ccc(C(C)=O)cc1Cl. The second-order valence-corrected chi connectivity index (χ2v) is 4.36. The Bertz CT molecular complexity index is 432. The lowest BCUT2D eigenvalue weighted by Crippen LogP contribution is -2.27. The summed E-state index contributed by atoms with van der Waals surface area (Å²) in [5.41, 5.74) is 1.51. The van der Waals surface area contributed by atoms with E-state index in [4.69, 9.17) is 16.3 Å². The number of ketones is 1. The van der Waals surface area contributed by atoms with Gasteiger partial charge in [0.25, 0.3) is 0 Å². The number of carbonyl (C=O) groups is 1. The van der Waals surface area contributed by atoms with E-state index in [1.807, 2.05) is 12.1 Å². The molecule has 3 nitrogen and oxygen atoms in total. The van der Waals surface area contributed by atoms with Crippen molar-refractivity contribution in [3.8, 4) is 0 Å². The summed E-state index contributed by atoms with van der Waals surface area (Å²) in [6.45, 7) is 7.27. The molecule has 1 rings (SSSR count). The van der Waals surface area contributed by atoms with Crippen LogP contribution in [0, 0.1) is 0 Å².